The number of imidazole rings is 1. The van der Waals surface area contributed by atoms with Gasteiger partial charge in [-0.2, -0.15) is 0 Å². The molecule has 0 spiro atoms. The molecular formula is C17H16N2O. The fourth-order valence-electron chi connectivity index (χ4n) is 2.49. The highest BCUT2D eigenvalue weighted by Crippen LogP contribution is 2.32. The molecule has 1 N–H and O–H groups in total. The molecule has 3 heteroatoms. The molecule has 0 aliphatic carbocycles. The molecule has 2 aromatic carbocycles. The summed E-state index contributed by atoms with van der Waals surface area (Å²) in [5.41, 5.74) is 1.28. The fraction of sp³-hybridized carbons (Fsp3) is 0.118. The van der Waals surface area contributed by atoms with E-state index < -0.39 is 5.72 Å². The van der Waals surface area contributed by atoms with E-state index in [-0.39, 0.29) is 0 Å². The Hall–Kier alpha value is -2.39. The van der Waals surface area contributed by atoms with Crippen LogP contribution in [0.5, 0.6) is 0 Å². The number of aryl methyl sites for hydroxylation is 1. The third-order valence-electron chi connectivity index (χ3n) is 3.52. The van der Waals surface area contributed by atoms with E-state index in [0.717, 1.165) is 16.8 Å². The number of aliphatic hydroxyl groups is 1. The Morgan fingerprint density at radius 1 is 0.900 bits per heavy atom. The lowest BCUT2D eigenvalue weighted by atomic mass is 9.94. The lowest BCUT2D eigenvalue weighted by Crippen LogP contribution is -2.36. The summed E-state index contributed by atoms with van der Waals surface area (Å²) in [6.45, 7) is 1.93. The van der Waals surface area contributed by atoms with Gasteiger partial charge in [-0.25, -0.2) is 4.98 Å². The first-order chi connectivity index (χ1) is 9.73. The minimum absolute atomic E-state index is 0.812. The Bertz CT molecular complexity index is 650. The molecule has 0 saturated heterocycles. The molecule has 0 aliphatic rings. The highest BCUT2D eigenvalue weighted by molar-refractivity contribution is 5.37. The summed E-state index contributed by atoms with van der Waals surface area (Å²) in [7, 11) is 0. The molecule has 0 saturated carbocycles. The van der Waals surface area contributed by atoms with Crippen LogP contribution in [0.25, 0.3) is 0 Å². The van der Waals surface area contributed by atoms with Crippen LogP contribution < -0.4 is 0 Å². The van der Waals surface area contributed by atoms with E-state index in [1.54, 1.807) is 17.1 Å². The standard InChI is InChI=1S/C17H16N2O/c1-14-12-18-13-19(14)17(20,15-8-4-2-5-9-15)16-10-6-3-7-11-16/h2-13,20H,1H3. The predicted molar refractivity (Wildman–Crippen MR) is 78.2 cm³/mol. The van der Waals surface area contributed by atoms with E-state index in [1.807, 2.05) is 67.6 Å². The van der Waals surface area contributed by atoms with Gasteiger partial charge in [0.1, 0.15) is 0 Å². The maximum absolute atomic E-state index is 11.4. The van der Waals surface area contributed by atoms with E-state index in [9.17, 15) is 5.11 Å². The molecule has 20 heavy (non-hydrogen) atoms. The average Bonchev–Trinajstić information content (AvgIpc) is 2.95. The molecule has 0 aliphatic heterocycles. The maximum Gasteiger partial charge on any atom is 0.196 e. The number of aromatic nitrogens is 2. The third kappa shape index (κ3) is 1.92. The second kappa shape index (κ2) is 4.94. The Labute approximate surface area is 118 Å². The van der Waals surface area contributed by atoms with Crippen LogP contribution in [0.3, 0.4) is 0 Å². The van der Waals surface area contributed by atoms with E-state index in [2.05, 4.69) is 4.98 Å². The highest BCUT2D eigenvalue weighted by atomic mass is 16.3. The van der Waals surface area contributed by atoms with Gasteiger partial charge >= 0.3 is 0 Å². The monoisotopic (exact) mass is 264 g/mol. The Balaban J connectivity index is 2.27. The minimum atomic E-state index is -1.25. The van der Waals surface area contributed by atoms with Crippen molar-refractivity contribution in [3.8, 4) is 0 Å². The van der Waals surface area contributed by atoms with Crippen LogP contribution in [-0.2, 0) is 5.72 Å². The summed E-state index contributed by atoms with van der Waals surface area (Å²) in [5, 5.41) is 11.4. The van der Waals surface area contributed by atoms with Gasteiger partial charge in [0.15, 0.2) is 5.72 Å². The lowest BCUT2D eigenvalue weighted by molar-refractivity contribution is 0.0467. The van der Waals surface area contributed by atoms with Crippen molar-refractivity contribution in [2.75, 3.05) is 0 Å². The van der Waals surface area contributed by atoms with Gasteiger partial charge in [-0.1, -0.05) is 60.7 Å². The molecule has 1 aromatic heterocycles. The van der Waals surface area contributed by atoms with Crippen molar-refractivity contribution in [2.45, 2.75) is 12.6 Å². The molecule has 0 amide bonds. The zero-order valence-electron chi connectivity index (χ0n) is 11.3. The van der Waals surface area contributed by atoms with Gasteiger partial charge in [0, 0.05) is 23.0 Å². The number of benzene rings is 2. The van der Waals surface area contributed by atoms with Crippen molar-refractivity contribution >= 4 is 0 Å². The summed E-state index contributed by atoms with van der Waals surface area (Å²) in [6, 6.07) is 19.3. The third-order valence-corrected chi connectivity index (χ3v) is 3.52. The van der Waals surface area contributed by atoms with Gasteiger partial charge in [-0.15, -0.1) is 0 Å². The van der Waals surface area contributed by atoms with Crippen molar-refractivity contribution in [3.63, 3.8) is 0 Å². The number of rotatable bonds is 3. The molecule has 0 bridgehead atoms. The van der Waals surface area contributed by atoms with Gasteiger partial charge in [-0.05, 0) is 6.92 Å². The largest absolute Gasteiger partial charge is 0.363 e. The van der Waals surface area contributed by atoms with Crippen molar-refractivity contribution in [1.29, 1.82) is 0 Å². The van der Waals surface area contributed by atoms with Gasteiger partial charge in [0.2, 0.25) is 0 Å². The summed E-state index contributed by atoms with van der Waals surface area (Å²) in [4.78, 5) is 4.14. The number of hydrogen-bond donors (Lipinski definition) is 1. The van der Waals surface area contributed by atoms with E-state index in [4.69, 9.17) is 0 Å². The van der Waals surface area contributed by atoms with Crippen molar-refractivity contribution < 1.29 is 5.11 Å². The van der Waals surface area contributed by atoms with Crippen molar-refractivity contribution in [1.82, 2.24) is 9.55 Å². The van der Waals surface area contributed by atoms with Crippen molar-refractivity contribution in [2.24, 2.45) is 0 Å². The van der Waals surface area contributed by atoms with Crippen molar-refractivity contribution in [3.05, 3.63) is 90.0 Å². The first-order valence-corrected chi connectivity index (χ1v) is 6.56. The van der Waals surface area contributed by atoms with Gasteiger partial charge in [-0.3, -0.25) is 4.57 Å². The minimum Gasteiger partial charge on any atom is -0.363 e. The Kier molecular flexibility index (Phi) is 3.12. The molecule has 0 unspecified atom stereocenters. The molecule has 3 aromatic rings. The fourth-order valence-corrected chi connectivity index (χ4v) is 2.49. The smallest absolute Gasteiger partial charge is 0.196 e. The first kappa shape index (κ1) is 12.6. The summed E-state index contributed by atoms with van der Waals surface area (Å²) < 4.78 is 1.79. The predicted octanol–water partition coefficient (Wildman–Crippen LogP) is 2.93. The molecule has 3 nitrogen and oxygen atoms in total. The number of hydrogen-bond acceptors (Lipinski definition) is 2. The molecule has 100 valence electrons. The van der Waals surface area contributed by atoms with Gasteiger partial charge in [0.05, 0.1) is 6.33 Å². The van der Waals surface area contributed by atoms with Crippen LogP contribution in [-0.4, -0.2) is 14.7 Å². The first-order valence-electron chi connectivity index (χ1n) is 6.56. The molecule has 0 radical (unpaired) electrons. The van der Waals surface area contributed by atoms with Crippen LogP contribution in [0, 0.1) is 6.92 Å². The van der Waals surface area contributed by atoms with E-state index in [1.165, 1.54) is 0 Å². The SMILES string of the molecule is Cc1cncn1C(O)(c1ccccc1)c1ccccc1. The quantitative estimate of drug-likeness (QED) is 0.790. The average molecular weight is 264 g/mol. The zero-order valence-corrected chi connectivity index (χ0v) is 11.3. The van der Waals surface area contributed by atoms with E-state index in [0.29, 0.717) is 0 Å². The Morgan fingerprint density at radius 3 is 1.80 bits per heavy atom. The summed E-state index contributed by atoms with van der Waals surface area (Å²) in [5.74, 6) is 0. The van der Waals surface area contributed by atoms with Gasteiger partial charge in [0.25, 0.3) is 0 Å². The van der Waals surface area contributed by atoms with Crippen LogP contribution in [0.1, 0.15) is 16.8 Å². The second-order valence-corrected chi connectivity index (χ2v) is 4.81. The van der Waals surface area contributed by atoms with Crippen LogP contribution in [0.15, 0.2) is 73.2 Å². The zero-order chi connectivity index (χ0) is 14.0. The maximum atomic E-state index is 11.4. The topological polar surface area (TPSA) is 38.0 Å². The van der Waals surface area contributed by atoms with Crippen LogP contribution in [0.2, 0.25) is 0 Å². The number of nitrogens with zero attached hydrogens (tertiary/aromatic N) is 2. The highest BCUT2D eigenvalue weighted by Gasteiger charge is 2.34. The molecule has 3 rings (SSSR count). The molecule has 0 atom stereocenters. The molecule has 0 fully saturated rings. The van der Waals surface area contributed by atoms with Gasteiger partial charge < -0.3 is 5.11 Å². The second-order valence-electron chi connectivity index (χ2n) is 4.81. The van der Waals surface area contributed by atoms with E-state index >= 15 is 0 Å². The summed E-state index contributed by atoms with van der Waals surface area (Å²) in [6.07, 6.45) is 3.41. The lowest BCUT2D eigenvalue weighted by Gasteiger charge is -2.31. The Morgan fingerprint density at radius 2 is 1.40 bits per heavy atom. The van der Waals surface area contributed by atoms with Crippen LogP contribution in [0.4, 0.5) is 0 Å². The normalized spacial score (nSPS) is 11.5. The van der Waals surface area contributed by atoms with Crippen LogP contribution >= 0.6 is 0 Å². The molecular weight excluding hydrogens is 248 g/mol. The molecule has 1 heterocycles. The summed E-state index contributed by atoms with van der Waals surface area (Å²) >= 11 is 0.